The van der Waals surface area contributed by atoms with Crippen molar-refractivity contribution >= 4 is 69.9 Å². The number of para-hydroxylation sites is 2. The molecule has 50 heavy (non-hydrogen) atoms. The van der Waals surface area contributed by atoms with Crippen LogP contribution >= 0.6 is 11.3 Å². The molecule has 0 amide bonds. The van der Waals surface area contributed by atoms with Crippen LogP contribution in [0, 0.1) is 6.57 Å². The first-order valence-electron chi connectivity index (χ1n) is 16.5. The smallest absolute Gasteiger partial charge is 0.187 e. The summed E-state index contributed by atoms with van der Waals surface area (Å²) in [6, 6.07) is 55.0. The summed E-state index contributed by atoms with van der Waals surface area (Å²) in [5, 5.41) is 6.12. The second-order valence-corrected chi connectivity index (χ2v) is 13.5. The number of benzene rings is 7. The Bertz CT molecular complexity index is 2960. The van der Waals surface area contributed by atoms with Gasteiger partial charge in [0.25, 0.3) is 0 Å². The van der Waals surface area contributed by atoms with Crippen molar-refractivity contribution in [3.8, 4) is 39.5 Å². The molecule has 0 bridgehead atoms. The van der Waals surface area contributed by atoms with E-state index in [0.717, 1.165) is 44.5 Å². The summed E-state index contributed by atoms with van der Waals surface area (Å²) in [5.41, 5.74) is 10.1. The fourth-order valence-corrected chi connectivity index (χ4v) is 8.47. The van der Waals surface area contributed by atoms with Crippen molar-refractivity contribution in [2.24, 2.45) is 0 Å². The molecular weight excluding hydrogens is 629 g/mol. The first-order valence-corrected chi connectivity index (χ1v) is 17.3. The molecule has 0 unspecified atom stereocenters. The maximum atomic E-state index is 7.25. The highest BCUT2D eigenvalue weighted by molar-refractivity contribution is 7.26. The Hall–Kier alpha value is -6.61. The van der Waals surface area contributed by atoms with E-state index in [1.807, 2.05) is 47.7 Å². The SMILES string of the molecule is [C-]#[N+]c1ccc(-c2ccc(-c3nc(-c4ccc(-n5c6ccccc6c6ccc7c8ccccc8sc7c65)cc4)nc4ccccc34)cc2)cc1. The molecule has 7 aromatic carbocycles. The average molecular weight is 655 g/mol. The third-order valence-electron chi connectivity index (χ3n) is 9.65. The minimum Gasteiger partial charge on any atom is -0.308 e. The number of aromatic nitrogens is 3. The number of thiophene rings is 1. The van der Waals surface area contributed by atoms with Crippen LogP contribution in [-0.4, -0.2) is 14.5 Å². The molecule has 3 heterocycles. The third kappa shape index (κ3) is 4.43. The standard InChI is InChI=1S/C45H26N4S/c1-46-32-22-18-29(19-23-32)28-14-16-30(17-15-28)42-38-10-2-5-11-39(38)47-45(48-42)31-20-24-33(25-21-31)49-40-12-6-3-8-34(40)36-26-27-37-35-9-4-7-13-41(35)50-44(37)43(36)49/h2-27H. The monoisotopic (exact) mass is 654 g/mol. The van der Waals surface area contributed by atoms with Crippen LogP contribution in [0.4, 0.5) is 5.69 Å². The largest absolute Gasteiger partial charge is 0.308 e. The van der Waals surface area contributed by atoms with Gasteiger partial charge in [-0.15, -0.1) is 11.3 Å². The van der Waals surface area contributed by atoms with Gasteiger partial charge in [0.2, 0.25) is 0 Å². The van der Waals surface area contributed by atoms with E-state index in [1.54, 1.807) is 0 Å². The number of hydrogen-bond acceptors (Lipinski definition) is 3. The van der Waals surface area contributed by atoms with Gasteiger partial charge in [-0.1, -0.05) is 115 Å². The molecule has 0 aliphatic carbocycles. The number of hydrogen-bond donors (Lipinski definition) is 0. The molecule has 0 saturated heterocycles. The molecule has 4 nitrogen and oxygen atoms in total. The minimum absolute atomic E-state index is 0.641. The van der Waals surface area contributed by atoms with Crippen LogP contribution in [0.3, 0.4) is 0 Å². The van der Waals surface area contributed by atoms with Crippen LogP contribution < -0.4 is 0 Å². The second-order valence-electron chi connectivity index (χ2n) is 12.5. The van der Waals surface area contributed by atoms with Crippen LogP contribution in [-0.2, 0) is 0 Å². The average Bonchev–Trinajstić information content (AvgIpc) is 3.74. The van der Waals surface area contributed by atoms with Crippen LogP contribution in [0.5, 0.6) is 0 Å². The zero-order valence-electron chi connectivity index (χ0n) is 26.7. The van der Waals surface area contributed by atoms with Crippen molar-refractivity contribution in [1.29, 1.82) is 0 Å². The zero-order chi connectivity index (χ0) is 33.2. The summed E-state index contributed by atoms with van der Waals surface area (Å²) in [6.45, 7) is 7.25. The minimum atomic E-state index is 0.641. The van der Waals surface area contributed by atoms with Crippen LogP contribution in [0.15, 0.2) is 158 Å². The molecule has 0 spiro atoms. The molecular formula is C45H26N4S. The van der Waals surface area contributed by atoms with Gasteiger partial charge in [-0.3, -0.25) is 0 Å². The van der Waals surface area contributed by atoms with Gasteiger partial charge in [0, 0.05) is 48.4 Å². The molecule has 10 rings (SSSR count). The zero-order valence-corrected chi connectivity index (χ0v) is 27.5. The molecule has 0 fully saturated rings. The Balaban J connectivity index is 1.09. The van der Waals surface area contributed by atoms with Crippen molar-refractivity contribution in [1.82, 2.24) is 14.5 Å². The van der Waals surface area contributed by atoms with Crippen molar-refractivity contribution in [3.05, 3.63) is 169 Å². The fraction of sp³-hybridized carbons (Fsp3) is 0. The van der Waals surface area contributed by atoms with E-state index in [4.69, 9.17) is 16.5 Å². The van der Waals surface area contributed by atoms with Crippen LogP contribution in [0.25, 0.3) is 97.2 Å². The lowest BCUT2D eigenvalue weighted by atomic mass is 10.0. The Labute approximate surface area is 292 Å². The molecule has 3 aromatic heterocycles. The maximum Gasteiger partial charge on any atom is 0.187 e. The van der Waals surface area contributed by atoms with E-state index in [9.17, 15) is 0 Å². The van der Waals surface area contributed by atoms with Crippen molar-refractivity contribution in [3.63, 3.8) is 0 Å². The lowest BCUT2D eigenvalue weighted by molar-refractivity contribution is 1.18. The topological polar surface area (TPSA) is 35.1 Å². The molecule has 0 aliphatic rings. The number of rotatable bonds is 4. The van der Waals surface area contributed by atoms with E-state index in [1.165, 1.54) is 42.0 Å². The summed E-state index contributed by atoms with van der Waals surface area (Å²) in [5.74, 6) is 0.693. The molecule has 0 atom stereocenters. The fourth-order valence-electron chi connectivity index (χ4n) is 7.23. The number of fused-ring (bicyclic) bond motifs is 8. The van der Waals surface area contributed by atoms with E-state index in [-0.39, 0.29) is 0 Å². The predicted molar refractivity (Wildman–Crippen MR) is 209 cm³/mol. The van der Waals surface area contributed by atoms with E-state index in [0.29, 0.717) is 11.5 Å². The van der Waals surface area contributed by atoms with Gasteiger partial charge < -0.3 is 4.57 Å². The van der Waals surface area contributed by atoms with Gasteiger partial charge in [-0.05, 0) is 53.6 Å². The molecule has 0 radical (unpaired) electrons. The summed E-state index contributed by atoms with van der Waals surface area (Å²) >= 11 is 1.87. The van der Waals surface area contributed by atoms with Crippen molar-refractivity contribution in [2.45, 2.75) is 0 Å². The summed E-state index contributed by atoms with van der Waals surface area (Å²) in [7, 11) is 0. The summed E-state index contributed by atoms with van der Waals surface area (Å²) in [6.07, 6.45) is 0. The van der Waals surface area contributed by atoms with Gasteiger partial charge >= 0.3 is 0 Å². The van der Waals surface area contributed by atoms with Gasteiger partial charge in [0.15, 0.2) is 11.5 Å². The summed E-state index contributed by atoms with van der Waals surface area (Å²) < 4.78 is 5.02. The van der Waals surface area contributed by atoms with E-state index >= 15 is 0 Å². The summed E-state index contributed by atoms with van der Waals surface area (Å²) in [4.78, 5) is 13.7. The Morgan fingerprint density at radius 1 is 0.500 bits per heavy atom. The third-order valence-corrected chi connectivity index (χ3v) is 10.8. The first kappa shape index (κ1) is 28.4. The first-order chi connectivity index (χ1) is 24.7. The van der Waals surface area contributed by atoms with E-state index in [2.05, 4.69) is 131 Å². The molecule has 232 valence electrons. The molecule has 5 heteroatoms. The normalized spacial score (nSPS) is 11.6. The highest BCUT2D eigenvalue weighted by atomic mass is 32.1. The highest BCUT2D eigenvalue weighted by Gasteiger charge is 2.18. The highest BCUT2D eigenvalue weighted by Crippen LogP contribution is 2.43. The lowest BCUT2D eigenvalue weighted by Crippen LogP contribution is -1.97. The Morgan fingerprint density at radius 2 is 1.12 bits per heavy atom. The van der Waals surface area contributed by atoms with E-state index < -0.39 is 0 Å². The Kier molecular flexibility index (Phi) is 6.38. The Morgan fingerprint density at radius 3 is 1.90 bits per heavy atom. The predicted octanol–water partition coefficient (Wildman–Crippen LogP) is 12.6. The maximum absolute atomic E-state index is 7.25. The van der Waals surface area contributed by atoms with Crippen molar-refractivity contribution in [2.75, 3.05) is 0 Å². The molecule has 0 saturated carbocycles. The lowest BCUT2D eigenvalue weighted by Gasteiger charge is -2.12. The molecule has 10 aromatic rings. The quantitative estimate of drug-likeness (QED) is 0.177. The second kappa shape index (κ2) is 11.2. The molecule has 0 aliphatic heterocycles. The van der Waals surface area contributed by atoms with Crippen molar-refractivity contribution < 1.29 is 0 Å². The van der Waals surface area contributed by atoms with Gasteiger partial charge in [-0.25, -0.2) is 14.8 Å². The molecule has 0 N–H and O–H groups in total. The van der Waals surface area contributed by atoms with Crippen LogP contribution in [0.1, 0.15) is 0 Å². The number of nitrogens with zero attached hydrogens (tertiary/aromatic N) is 4. The van der Waals surface area contributed by atoms with Crippen LogP contribution in [0.2, 0.25) is 0 Å². The van der Waals surface area contributed by atoms with Gasteiger partial charge in [0.05, 0.1) is 33.5 Å². The van der Waals surface area contributed by atoms with Gasteiger partial charge in [0.1, 0.15) is 0 Å². The van der Waals surface area contributed by atoms with Gasteiger partial charge in [-0.2, -0.15) is 0 Å².